The molecule has 0 amide bonds. The molecule has 1 saturated carbocycles. The molecule has 1 saturated heterocycles. The molecular weight excluding hydrogens is 302 g/mol. The first-order valence-electron chi connectivity index (χ1n) is 7.45. The summed E-state index contributed by atoms with van der Waals surface area (Å²) in [5.41, 5.74) is 1.21. The first kappa shape index (κ1) is 13.4. The van der Waals surface area contributed by atoms with Crippen LogP contribution in [0.4, 0.5) is 0 Å². The van der Waals surface area contributed by atoms with Gasteiger partial charge in [0.1, 0.15) is 5.75 Å². The number of hydrogen-bond acceptors (Lipinski definition) is 2. The summed E-state index contributed by atoms with van der Waals surface area (Å²) in [5.74, 6) is 1.29. The molecule has 0 spiro atoms. The lowest BCUT2D eigenvalue weighted by Crippen LogP contribution is -2.46. The lowest BCUT2D eigenvalue weighted by molar-refractivity contribution is 0.0545. The maximum absolute atomic E-state index is 9.66. The number of phenols is 1. The summed E-state index contributed by atoms with van der Waals surface area (Å²) in [4.78, 5) is 2.65. The van der Waals surface area contributed by atoms with Crippen molar-refractivity contribution in [2.24, 2.45) is 5.92 Å². The van der Waals surface area contributed by atoms with E-state index >= 15 is 0 Å². The zero-order valence-corrected chi connectivity index (χ0v) is 12.9. The molecule has 3 rings (SSSR count). The highest BCUT2D eigenvalue weighted by Gasteiger charge is 2.33. The fraction of sp³-hybridized carbons (Fsp3) is 0.625. The molecule has 19 heavy (non-hydrogen) atoms. The van der Waals surface area contributed by atoms with Crippen molar-refractivity contribution in [2.75, 3.05) is 6.54 Å². The molecule has 1 aromatic rings. The van der Waals surface area contributed by atoms with Crippen molar-refractivity contribution in [2.45, 2.75) is 51.1 Å². The van der Waals surface area contributed by atoms with E-state index in [4.69, 9.17) is 0 Å². The Morgan fingerprint density at radius 3 is 2.84 bits per heavy atom. The lowest BCUT2D eigenvalue weighted by Gasteiger charge is -2.44. The van der Waals surface area contributed by atoms with Gasteiger partial charge >= 0.3 is 0 Å². The molecule has 2 atom stereocenters. The number of phenolic OH excluding ortho intramolecular Hbond substituents is 1. The number of fused-ring (bicyclic) bond motifs is 1. The predicted octanol–water partition coefficient (Wildman–Crippen LogP) is 4.31. The first-order chi connectivity index (χ1) is 9.24. The summed E-state index contributed by atoms with van der Waals surface area (Å²) in [7, 11) is 0. The van der Waals surface area contributed by atoms with Gasteiger partial charge in [-0.25, -0.2) is 0 Å². The fourth-order valence-electron chi connectivity index (χ4n) is 3.83. The molecule has 3 heteroatoms. The fourth-order valence-corrected chi connectivity index (χ4v) is 4.20. The summed E-state index contributed by atoms with van der Waals surface area (Å²) in [6.07, 6.45) is 8.34. The van der Waals surface area contributed by atoms with Crippen LogP contribution in [0.1, 0.15) is 44.1 Å². The van der Waals surface area contributed by atoms with Gasteiger partial charge in [-0.2, -0.15) is 0 Å². The average Bonchev–Trinajstić information content (AvgIpc) is 2.43. The quantitative estimate of drug-likeness (QED) is 0.876. The van der Waals surface area contributed by atoms with E-state index in [-0.39, 0.29) is 0 Å². The second-order valence-electron chi connectivity index (χ2n) is 6.00. The van der Waals surface area contributed by atoms with Crippen LogP contribution in [0.15, 0.2) is 22.7 Å². The van der Waals surface area contributed by atoms with Crippen molar-refractivity contribution in [3.8, 4) is 5.75 Å². The molecular formula is C16H22BrNO. The third-order valence-corrected chi connectivity index (χ3v) is 5.53. The number of aromatic hydroxyl groups is 1. The van der Waals surface area contributed by atoms with Gasteiger partial charge in [-0.3, -0.25) is 4.90 Å². The average molecular weight is 324 g/mol. The SMILES string of the molecule is Oc1ccc(Br)c(CN2CCC[C@H]3CCCC[C@H]32)c1. The second-order valence-corrected chi connectivity index (χ2v) is 6.85. The normalized spacial score (nSPS) is 28.1. The highest BCUT2D eigenvalue weighted by atomic mass is 79.9. The van der Waals surface area contributed by atoms with Gasteiger partial charge in [0, 0.05) is 17.1 Å². The van der Waals surface area contributed by atoms with Crippen molar-refractivity contribution < 1.29 is 5.11 Å². The van der Waals surface area contributed by atoms with Gasteiger partial charge in [0.05, 0.1) is 0 Å². The van der Waals surface area contributed by atoms with Gasteiger partial charge < -0.3 is 5.11 Å². The number of benzene rings is 1. The molecule has 1 aliphatic heterocycles. The summed E-state index contributed by atoms with van der Waals surface area (Å²) in [6.45, 7) is 2.18. The van der Waals surface area contributed by atoms with E-state index in [0.29, 0.717) is 5.75 Å². The Balaban J connectivity index is 1.75. The largest absolute Gasteiger partial charge is 0.508 e. The Bertz CT molecular complexity index is 446. The lowest BCUT2D eigenvalue weighted by atomic mass is 9.78. The molecule has 2 aliphatic rings. The van der Waals surface area contributed by atoms with E-state index in [9.17, 15) is 5.11 Å². The van der Waals surface area contributed by atoms with E-state index in [1.807, 2.05) is 12.1 Å². The van der Waals surface area contributed by atoms with Crippen LogP contribution in [-0.2, 0) is 6.54 Å². The Labute approximate surface area is 123 Å². The van der Waals surface area contributed by atoms with Crippen LogP contribution < -0.4 is 0 Å². The molecule has 1 heterocycles. The topological polar surface area (TPSA) is 23.5 Å². The van der Waals surface area contributed by atoms with Crippen molar-refractivity contribution in [3.63, 3.8) is 0 Å². The van der Waals surface area contributed by atoms with Gasteiger partial charge in [-0.1, -0.05) is 28.8 Å². The number of rotatable bonds is 2. The summed E-state index contributed by atoms with van der Waals surface area (Å²) in [6, 6.07) is 6.37. The highest BCUT2D eigenvalue weighted by Crippen LogP contribution is 2.36. The standard InChI is InChI=1S/C16H22BrNO/c17-15-8-7-14(19)10-13(15)11-18-9-3-5-12-4-1-2-6-16(12)18/h7-8,10,12,16,19H,1-6,9,11H2/t12-,16-/m1/s1. The molecule has 1 aliphatic carbocycles. The van der Waals surface area contributed by atoms with Crippen LogP contribution in [0.5, 0.6) is 5.75 Å². The van der Waals surface area contributed by atoms with Gasteiger partial charge in [0.2, 0.25) is 0 Å². The third kappa shape index (κ3) is 2.97. The van der Waals surface area contributed by atoms with Gasteiger partial charge in [-0.15, -0.1) is 0 Å². The maximum atomic E-state index is 9.66. The van der Waals surface area contributed by atoms with E-state index in [2.05, 4.69) is 20.8 Å². The number of hydrogen-bond donors (Lipinski definition) is 1. The minimum Gasteiger partial charge on any atom is -0.508 e. The molecule has 2 fully saturated rings. The van der Waals surface area contributed by atoms with Gasteiger partial charge in [0.25, 0.3) is 0 Å². The summed E-state index contributed by atoms with van der Waals surface area (Å²) >= 11 is 3.61. The zero-order valence-electron chi connectivity index (χ0n) is 11.3. The smallest absolute Gasteiger partial charge is 0.115 e. The Hall–Kier alpha value is -0.540. The number of halogens is 1. The molecule has 0 bridgehead atoms. The monoisotopic (exact) mass is 323 g/mol. The molecule has 104 valence electrons. The third-order valence-electron chi connectivity index (χ3n) is 4.76. The van der Waals surface area contributed by atoms with Crippen LogP contribution >= 0.6 is 15.9 Å². The van der Waals surface area contributed by atoms with Crippen LogP contribution in [-0.4, -0.2) is 22.6 Å². The number of nitrogens with zero attached hydrogens (tertiary/aromatic N) is 1. The number of likely N-dealkylation sites (tertiary alicyclic amines) is 1. The Morgan fingerprint density at radius 1 is 1.16 bits per heavy atom. The van der Waals surface area contributed by atoms with Gasteiger partial charge in [-0.05, 0) is 61.9 Å². The Morgan fingerprint density at radius 2 is 1.95 bits per heavy atom. The molecule has 1 N–H and O–H groups in total. The van der Waals surface area contributed by atoms with Gasteiger partial charge in [0.15, 0.2) is 0 Å². The van der Waals surface area contributed by atoms with E-state index in [1.165, 1.54) is 50.6 Å². The van der Waals surface area contributed by atoms with E-state index in [0.717, 1.165) is 23.0 Å². The predicted molar refractivity (Wildman–Crippen MR) is 81.2 cm³/mol. The highest BCUT2D eigenvalue weighted by molar-refractivity contribution is 9.10. The molecule has 2 nitrogen and oxygen atoms in total. The number of piperidine rings is 1. The molecule has 0 aromatic heterocycles. The van der Waals surface area contributed by atoms with E-state index in [1.54, 1.807) is 6.07 Å². The van der Waals surface area contributed by atoms with Crippen molar-refractivity contribution >= 4 is 15.9 Å². The minimum atomic E-state index is 0.371. The van der Waals surface area contributed by atoms with Crippen LogP contribution in [0.3, 0.4) is 0 Å². The summed E-state index contributed by atoms with van der Waals surface area (Å²) in [5, 5.41) is 9.66. The Kier molecular flexibility index (Phi) is 4.13. The van der Waals surface area contributed by atoms with Crippen LogP contribution in [0, 0.1) is 5.92 Å². The van der Waals surface area contributed by atoms with E-state index < -0.39 is 0 Å². The summed E-state index contributed by atoms with van der Waals surface area (Å²) < 4.78 is 1.11. The molecule has 1 aromatic carbocycles. The van der Waals surface area contributed by atoms with Crippen LogP contribution in [0.2, 0.25) is 0 Å². The maximum Gasteiger partial charge on any atom is 0.115 e. The second kappa shape index (κ2) is 5.84. The zero-order chi connectivity index (χ0) is 13.2. The van der Waals surface area contributed by atoms with Crippen molar-refractivity contribution in [3.05, 3.63) is 28.2 Å². The molecule has 0 radical (unpaired) electrons. The minimum absolute atomic E-state index is 0.371. The molecule has 0 unspecified atom stereocenters. The van der Waals surface area contributed by atoms with Crippen molar-refractivity contribution in [1.29, 1.82) is 0 Å². The first-order valence-corrected chi connectivity index (χ1v) is 8.25. The van der Waals surface area contributed by atoms with Crippen LogP contribution in [0.25, 0.3) is 0 Å². The van der Waals surface area contributed by atoms with Crippen molar-refractivity contribution in [1.82, 2.24) is 4.90 Å².